The Labute approximate surface area is 165 Å². The van der Waals surface area contributed by atoms with Gasteiger partial charge in [0.15, 0.2) is 0 Å². The average molecular weight is 434 g/mol. The van der Waals surface area contributed by atoms with Gasteiger partial charge in [0.1, 0.15) is 6.04 Å². The minimum Gasteiger partial charge on any atom is -0.357 e. The summed E-state index contributed by atoms with van der Waals surface area (Å²) in [7, 11) is 1.50. The number of carbonyl (C=O) groups excluding carboxylic acids is 2. The molecule has 2 rings (SSSR count). The molecule has 0 aromatic heterocycles. The molecule has 0 aliphatic rings. The highest BCUT2D eigenvalue weighted by Crippen LogP contribution is 2.21. The predicted octanol–water partition coefficient (Wildman–Crippen LogP) is 3.06. The van der Waals surface area contributed by atoms with Gasteiger partial charge in [-0.15, -0.1) is 0 Å². The van der Waals surface area contributed by atoms with Crippen LogP contribution in [0.4, 0.5) is 5.69 Å². The Morgan fingerprint density at radius 1 is 1.22 bits per heavy atom. The summed E-state index contributed by atoms with van der Waals surface area (Å²) in [5, 5.41) is 13.7. The minimum absolute atomic E-state index is 0.110. The first-order valence-electron chi connectivity index (χ1n) is 8.31. The summed E-state index contributed by atoms with van der Waals surface area (Å²) in [6, 6.07) is 12.8. The van der Waals surface area contributed by atoms with Gasteiger partial charge in [-0.2, -0.15) is 0 Å². The molecule has 0 radical (unpaired) electrons. The zero-order valence-corrected chi connectivity index (χ0v) is 16.6. The van der Waals surface area contributed by atoms with E-state index in [1.165, 1.54) is 18.0 Å². The van der Waals surface area contributed by atoms with Gasteiger partial charge in [0.2, 0.25) is 11.8 Å². The second kappa shape index (κ2) is 9.27. The first-order valence-corrected chi connectivity index (χ1v) is 9.10. The summed E-state index contributed by atoms with van der Waals surface area (Å²) in [4.78, 5) is 37.2. The molecule has 0 aliphatic carbocycles. The van der Waals surface area contributed by atoms with E-state index in [0.29, 0.717) is 5.56 Å². The van der Waals surface area contributed by atoms with Gasteiger partial charge in [-0.25, -0.2) is 0 Å². The third-order valence-electron chi connectivity index (χ3n) is 4.19. The zero-order valence-electron chi connectivity index (χ0n) is 15.0. The second-order valence-corrected chi connectivity index (χ2v) is 6.92. The van der Waals surface area contributed by atoms with E-state index in [0.717, 1.165) is 10.0 Å². The van der Waals surface area contributed by atoms with Crippen LogP contribution in [-0.2, 0) is 22.6 Å². The lowest BCUT2D eigenvalue weighted by Crippen LogP contribution is -2.47. The molecular formula is C19H20BrN3O4. The zero-order chi connectivity index (χ0) is 20.0. The molecule has 1 unspecified atom stereocenters. The fourth-order valence-electron chi connectivity index (χ4n) is 2.73. The molecule has 142 valence electrons. The summed E-state index contributed by atoms with van der Waals surface area (Å²) in [5.41, 5.74) is 1.05. The molecular weight excluding hydrogens is 414 g/mol. The minimum atomic E-state index is -0.718. The Bertz CT molecular complexity index is 856. The fraction of sp³-hybridized carbons (Fsp3) is 0.263. The van der Waals surface area contributed by atoms with Crippen LogP contribution in [0.5, 0.6) is 0 Å². The van der Waals surface area contributed by atoms with E-state index in [4.69, 9.17) is 0 Å². The van der Waals surface area contributed by atoms with Gasteiger partial charge in [0.05, 0.1) is 11.3 Å². The molecule has 0 heterocycles. The van der Waals surface area contributed by atoms with Crippen LogP contribution >= 0.6 is 15.9 Å². The highest BCUT2D eigenvalue weighted by atomic mass is 79.9. The van der Waals surface area contributed by atoms with Gasteiger partial charge in [-0.1, -0.05) is 46.3 Å². The van der Waals surface area contributed by atoms with Crippen LogP contribution in [0, 0.1) is 10.1 Å². The predicted molar refractivity (Wildman–Crippen MR) is 105 cm³/mol. The van der Waals surface area contributed by atoms with Crippen LogP contribution in [0.2, 0.25) is 0 Å². The maximum absolute atomic E-state index is 13.0. The van der Waals surface area contributed by atoms with Crippen molar-refractivity contribution < 1.29 is 14.5 Å². The van der Waals surface area contributed by atoms with Crippen LogP contribution in [0.25, 0.3) is 0 Å². The molecule has 1 atom stereocenters. The van der Waals surface area contributed by atoms with E-state index in [1.807, 2.05) is 24.3 Å². The van der Waals surface area contributed by atoms with E-state index in [2.05, 4.69) is 21.2 Å². The Morgan fingerprint density at radius 2 is 1.93 bits per heavy atom. The number of halogens is 1. The van der Waals surface area contributed by atoms with Gasteiger partial charge < -0.3 is 10.2 Å². The number of amides is 2. The summed E-state index contributed by atoms with van der Waals surface area (Å²) >= 11 is 3.39. The molecule has 7 nitrogen and oxygen atoms in total. The largest absolute Gasteiger partial charge is 0.357 e. The number of carbonyl (C=O) groups is 2. The summed E-state index contributed by atoms with van der Waals surface area (Å²) in [6.07, 6.45) is -0.160. The van der Waals surface area contributed by atoms with Crippen molar-refractivity contribution in [1.29, 1.82) is 0 Å². The monoisotopic (exact) mass is 433 g/mol. The Hall–Kier alpha value is -2.74. The standard InChI is InChI=1S/C19H20BrN3O4/c1-13(19(25)21-2)22(12-14-6-5-8-16(20)10-14)18(24)11-15-7-3-4-9-17(15)23(26)27/h3-10,13H,11-12H2,1-2H3,(H,21,25). The lowest BCUT2D eigenvalue weighted by Gasteiger charge is -2.28. The highest BCUT2D eigenvalue weighted by molar-refractivity contribution is 9.10. The number of likely N-dealkylation sites (N-methyl/N-ethyl adjacent to an activating group) is 1. The Kier molecular flexibility index (Phi) is 7.06. The molecule has 2 aromatic carbocycles. The highest BCUT2D eigenvalue weighted by Gasteiger charge is 2.27. The quantitative estimate of drug-likeness (QED) is 0.536. The van der Waals surface area contributed by atoms with Crippen LogP contribution in [0.3, 0.4) is 0 Å². The van der Waals surface area contributed by atoms with Crippen LogP contribution in [0.1, 0.15) is 18.1 Å². The van der Waals surface area contributed by atoms with E-state index in [-0.39, 0.29) is 30.5 Å². The van der Waals surface area contributed by atoms with E-state index in [9.17, 15) is 19.7 Å². The number of nitrogens with zero attached hydrogens (tertiary/aromatic N) is 2. The van der Waals surface area contributed by atoms with Crippen molar-refractivity contribution in [2.24, 2.45) is 0 Å². The molecule has 2 amide bonds. The molecule has 0 saturated heterocycles. The van der Waals surface area contributed by atoms with Crippen molar-refractivity contribution in [2.45, 2.75) is 25.9 Å². The number of para-hydroxylation sites is 1. The van der Waals surface area contributed by atoms with E-state index in [1.54, 1.807) is 25.1 Å². The van der Waals surface area contributed by atoms with Crippen molar-refractivity contribution in [3.63, 3.8) is 0 Å². The molecule has 27 heavy (non-hydrogen) atoms. The number of benzene rings is 2. The molecule has 1 N–H and O–H groups in total. The maximum atomic E-state index is 13.0. The van der Waals surface area contributed by atoms with Crippen LogP contribution in [0.15, 0.2) is 53.0 Å². The van der Waals surface area contributed by atoms with Crippen molar-refractivity contribution >= 4 is 33.4 Å². The molecule has 0 spiro atoms. The van der Waals surface area contributed by atoms with E-state index >= 15 is 0 Å². The molecule has 0 aliphatic heterocycles. The first-order chi connectivity index (χ1) is 12.8. The van der Waals surface area contributed by atoms with Crippen molar-refractivity contribution in [1.82, 2.24) is 10.2 Å². The third kappa shape index (κ3) is 5.37. The van der Waals surface area contributed by atoms with Crippen LogP contribution < -0.4 is 5.32 Å². The fourth-order valence-corrected chi connectivity index (χ4v) is 3.17. The normalized spacial score (nSPS) is 11.5. The third-order valence-corrected chi connectivity index (χ3v) is 4.68. The SMILES string of the molecule is CNC(=O)C(C)N(Cc1cccc(Br)c1)C(=O)Cc1ccccc1[N+](=O)[O-]. The lowest BCUT2D eigenvalue weighted by molar-refractivity contribution is -0.385. The number of rotatable bonds is 7. The van der Waals surface area contributed by atoms with Gasteiger partial charge in [-0.05, 0) is 24.6 Å². The second-order valence-electron chi connectivity index (χ2n) is 6.00. The molecule has 2 aromatic rings. The molecule has 0 bridgehead atoms. The topological polar surface area (TPSA) is 92.6 Å². The Morgan fingerprint density at radius 3 is 2.56 bits per heavy atom. The molecule has 0 fully saturated rings. The smallest absolute Gasteiger partial charge is 0.273 e. The number of nitro groups is 1. The van der Waals surface area contributed by atoms with Crippen molar-refractivity contribution in [3.05, 3.63) is 74.2 Å². The molecule has 8 heteroatoms. The summed E-state index contributed by atoms with van der Waals surface area (Å²) < 4.78 is 0.860. The van der Waals surface area contributed by atoms with Crippen molar-refractivity contribution in [3.8, 4) is 0 Å². The molecule has 0 saturated carbocycles. The number of hydrogen-bond donors (Lipinski definition) is 1. The summed E-state index contributed by atoms with van der Waals surface area (Å²) in [6.45, 7) is 1.85. The Balaban J connectivity index is 2.31. The van der Waals surface area contributed by atoms with Crippen molar-refractivity contribution in [2.75, 3.05) is 7.05 Å². The van der Waals surface area contributed by atoms with Crippen LogP contribution in [-0.4, -0.2) is 34.7 Å². The lowest BCUT2D eigenvalue weighted by atomic mass is 10.1. The van der Waals surface area contributed by atoms with Gasteiger partial charge in [-0.3, -0.25) is 19.7 Å². The number of nitro benzene ring substituents is 1. The first kappa shape index (κ1) is 20.6. The van der Waals surface area contributed by atoms with Gasteiger partial charge in [0, 0.05) is 29.7 Å². The maximum Gasteiger partial charge on any atom is 0.273 e. The van der Waals surface area contributed by atoms with Gasteiger partial charge >= 0.3 is 0 Å². The van der Waals surface area contributed by atoms with E-state index < -0.39 is 11.0 Å². The number of hydrogen-bond acceptors (Lipinski definition) is 4. The number of nitrogens with one attached hydrogen (secondary N) is 1. The van der Waals surface area contributed by atoms with Gasteiger partial charge in [0.25, 0.3) is 5.69 Å². The average Bonchev–Trinajstić information content (AvgIpc) is 2.65. The summed E-state index contributed by atoms with van der Waals surface area (Å²) in [5.74, 6) is -0.665.